The van der Waals surface area contributed by atoms with E-state index in [1.165, 1.54) is 0 Å². The molecule has 2 rings (SSSR count). The first-order valence-corrected chi connectivity index (χ1v) is 10.1. The third-order valence-electron chi connectivity index (χ3n) is 4.31. The van der Waals surface area contributed by atoms with E-state index in [2.05, 4.69) is 18.4 Å². The van der Waals surface area contributed by atoms with Crippen LogP contribution in [0.1, 0.15) is 39.2 Å². The average Bonchev–Trinajstić information content (AvgIpc) is 3.04. The minimum absolute atomic E-state index is 0.510. The van der Waals surface area contributed by atoms with E-state index in [9.17, 15) is 4.57 Å². The predicted molar refractivity (Wildman–Crippen MR) is 92.5 cm³/mol. The summed E-state index contributed by atoms with van der Waals surface area (Å²) in [5.41, 5.74) is 2.01. The normalized spacial score (nSPS) is 12.3. The van der Waals surface area contributed by atoms with Crippen molar-refractivity contribution < 1.29 is 8.98 Å². The zero-order chi connectivity index (χ0) is 16.5. The van der Waals surface area contributed by atoms with Crippen molar-refractivity contribution in [3.63, 3.8) is 0 Å². The van der Waals surface area contributed by atoms with Crippen LogP contribution in [-0.4, -0.2) is 21.9 Å². The summed E-state index contributed by atoms with van der Waals surface area (Å²) in [5, 5.41) is 0.866. The van der Waals surface area contributed by atoms with Crippen LogP contribution >= 0.6 is 7.14 Å². The van der Waals surface area contributed by atoms with Gasteiger partial charge in [0.2, 0.25) is 0 Å². The highest BCUT2D eigenvalue weighted by atomic mass is 31.2. The molecule has 0 fully saturated rings. The maximum absolute atomic E-state index is 13.2. The standard InChI is InChI=1S/C17H27N2O2P/c1-7-22(20,8-2)15-9-10-21-17(15)16-14(11-12(3)4)18-13(5)19(16)6/h9-10,12H,7-8,11H2,1-6H3. The van der Waals surface area contributed by atoms with Crippen molar-refractivity contribution in [2.45, 2.75) is 41.0 Å². The van der Waals surface area contributed by atoms with Crippen LogP contribution < -0.4 is 5.30 Å². The van der Waals surface area contributed by atoms with Crippen LogP contribution in [0.3, 0.4) is 0 Å². The Bertz CT molecular complexity index is 690. The van der Waals surface area contributed by atoms with Crippen molar-refractivity contribution in [3.8, 4) is 11.5 Å². The van der Waals surface area contributed by atoms with Crippen LogP contribution in [0.5, 0.6) is 0 Å². The maximum Gasteiger partial charge on any atom is 0.162 e. The van der Waals surface area contributed by atoms with E-state index in [0.717, 1.165) is 34.7 Å². The van der Waals surface area contributed by atoms with Crippen LogP contribution in [0, 0.1) is 12.8 Å². The average molecular weight is 322 g/mol. The highest BCUT2D eigenvalue weighted by Crippen LogP contribution is 2.46. The number of nitrogens with zero attached hydrogens (tertiary/aromatic N) is 2. The van der Waals surface area contributed by atoms with Crippen molar-refractivity contribution in [2.75, 3.05) is 12.3 Å². The molecule has 0 amide bonds. The first-order chi connectivity index (χ1) is 10.3. The lowest BCUT2D eigenvalue weighted by molar-refractivity contribution is 0.571. The van der Waals surface area contributed by atoms with Crippen molar-refractivity contribution in [3.05, 3.63) is 23.8 Å². The summed E-state index contributed by atoms with van der Waals surface area (Å²) in [4.78, 5) is 4.69. The molecular weight excluding hydrogens is 295 g/mol. The van der Waals surface area contributed by atoms with E-state index < -0.39 is 7.14 Å². The van der Waals surface area contributed by atoms with Gasteiger partial charge in [0.15, 0.2) is 5.76 Å². The Balaban J connectivity index is 2.64. The Hall–Kier alpha value is -1.28. The molecule has 0 N–H and O–H groups in total. The van der Waals surface area contributed by atoms with E-state index in [1.54, 1.807) is 6.26 Å². The zero-order valence-corrected chi connectivity index (χ0v) is 15.4. The van der Waals surface area contributed by atoms with Gasteiger partial charge in [0, 0.05) is 19.4 Å². The minimum Gasteiger partial charge on any atom is -0.462 e. The Morgan fingerprint density at radius 2 is 1.95 bits per heavy atom. The van der Waals surface area contributed by atoms with E-state index in [1.807, 2.05) is 33.9 Å². The lowest BCUT2D eigenvalue weighted by atomic mass is 10.1. The van der Waals surface area contributed by atoms with Crippen LogP contribution in [0.4, 0.5) is 0 Å². The molecule has 0 aromatic carbocycles. The van der Waals surface area contributed by atoms with E-state index >= 15 is 0 Å². The van der Waals surface area contributed by atoms with Crippen molar-refractivity contribution in [2.24, 2.45) is 13.0 Å². The molecule has 0 saturated heterocycles. The van der Waals surface area contributed by atoms with Gasteiger partial charge in [-0.3, -0.25) is 0 Å². The summed E-state index contributed by atoms with van der Waals surface area (Å²) in [6.45, 7) is 10.3. The van der Waals surface area contributed by atoms with Gasteiger partial charge in [-0.05, 0) is 25.3 Å². The summed E-state index contributed by atoms with van der Waals surface area (Å²) in [5.74, 6) is 2.21. The lowest BCUT2D eigenvalue weighted by Gasteiger charge is -2.15. The third kappa shape index (κ3) is 2.94. The molecule has 5 heteroatoms. The second-order valence-corrected chi connectivity index (χ2v) is 9.79. The molecule has 0 aliphatic rings. The highest BCUT2D eigenvalue weighted by molar-refractivity contribution is 7.71. The van der Waals surface area contributed by atoms with Gasteiger partial charge in [0.25, 0.3) is 0 Å². The second-order valence-electron chi connectivity index (χ2n) is 6.27. The zero-order valence-electron chi connectivity index (χ0n) is 14.5. The number of hydrogen-bond acceptors (Lipinski definition) is 3. The van der Waals surface area contributed by atoms with E-state index in [0.29, 0.717) is 18.2 Å². The Labute approximate surface area is 133 Å². The maximum atomic E-state index is 13.2. The van der Waals surface area contributed by atoms with E-state index in [4.69, 9.17) is 9.40 Å². The molecular formula is C17H27N2O2P. The van der Waals surface area contributed by atoms with Gasteiger partial charge >= 0.3 is 0 Å². The lowest BCUT2D eigenvalue weighted by Crippen LogP contribution is -2.11. The number of aryl methyl sites for hydroxylation is 1. The molecule has 0 aliphatic carbocycles. The molecule has 0 atom stereocenters. The van der Waals surface area contributed by atoms with Crippen LogP contribution in [0.25, 0.3) is 11.5 Å². The molecule has 0 spiro atoms. The molecule has 2 heterocycles. The first kappa shape index (κ1) is 17.1. The van der Waals surface area contributed by atoms with Crippen LogP contribution in [-0.2, 0) is 18.0 Å². The number of hydrogen-bond donors (Lipinski definition) is 0. The topological polar surface area (TPSA) is 48.0 Å². The molecule has 0 aliphatic heterocycles. The fraction of sp³-hybridized carbons (Fsp3) is 0.588. The number of imidazole rings is 1. The predicted octanol–water partition coefficient (Wildman–Crippen LogP) is 4.22. The van der Waals surface area contributed by atoms with Crippen molar-refractivity contribution >= 4 is 12.4 Å². The Kier molecular flexibility index (Phi) is 5.01. The van der Waals surface area contributed by atoms with Gasteiger partial charge in [-0.15, -0.1) is 0 Å². The highest BCUT2D eigenvalue weighted by Gasteiger charge is 2.29. The fourth-order valence-electron chi connectivity index (χ4n) is 2.86. The molecule has 122 valence electrons. The third-order valence-corrected chi connectivity index (χ3v) is 7.59. The molecule has 22 heavy (non-hydrogen) atoms. The summed E-state index contributed by atoms with van der Waals surface area (Å²) in [6, 6.07) is 1.88. The van der Waals surface area contributed by atoms with Crippen molar-refractivity contribution in [1.82, 2.24) is 9.55 Å². The molecule has 2 aromatic heterocycles. The Morgan fingerprint density at radius 1 is 1.32 bits per heavy atom. The number of furan rings is 1. The second kappa shape index (κ2) is 6.45. The molecule has 0 bridgehead atoms. The smallest absolute Gasteiger partial charge is 0.162 e. The largest absolute Gasteiger partial charge is 0.462 e. The van der Waals surface area contributed by atoms with Gasteiger partial charge in [-0.2, -0.15) is 0 Å². The summed E-state index contributed by atoms with van der Waals surface area (Å²) >= 11 is 0. The monoisotopic (exact) mass is 322 g/mol. The summed E-state index contributed by atoms with van der Waals surface area (Å²) in [6.07, 6.45) is 3.86. The van der Waals surface area contributed by atoms with Crippen LogP contribution in [0.15, 0.2) is 16.7 Å². The number of aromatic nitrogens is 2. The first-order valence-electron chi connectivity index (χ1n) is 8.02. The minimum atomic E-state index is -2.39. The Morgan fingerprint density at radius 3 is 2.50 bits per heavy atom. The molecule has 2 aromatic rings. The van der Waals surface area contributed by atoms with Crippen LogP contribution in [0.2, 0.25) is 0 Å². The van der Waals surface area contributed by atoms with Gasteiger partial charge in [0.05, 0.1) is 17.3 Å². The van der Waals surface area contributed by atoms with Gasteiger partial charge in [-0.1, -0.05) is 27.7 Å². The van der Waals surface area contributed by atoms with Gasteiger partial charge < -0.3 is 13.5 Å². The molecule has 0 radical (unpaired) electrons. The molecule has 4 nitrogen and oxygen atoms in total. The quantitative estimate of drug-likeness (QED) is 0.748. The fourth-order valence-corrected chi connectivity index (χ4v) is 4.85. The SMILES string of the molecule is CCP(=O)(CC)c1ccoc1-c1c(CC(C)C)nc(C)n1C. The molecule has 0 unspecified atom stereocenters. The van der Waals surface area contributed by atoms with Gasteiger partial charge in [-0.25, -0.2) is 4.98 Å². The summed E-state index contributed by atoms with van der Waals surface area (Å²) in [7, 11) is -0.392. The summed E-state index contributed by atoms with van der Waals surface area (Å²) < 4.78 is 21.0. The molecule has 0 saturated carbocycles. The van der Waals surface area contributed by atoms with E-state index in [-0.39, 0.29) is 0 Å². The number of rotatable bonds is 6. The van der Waals surface area contributed by atoms with Gasteiger partial charge in [0.1, 0.15) is 18.7 Å². The van der Waals surface area contributed by atoms with Crippen molar-refractivity contribution in [1.29, 1.82) is 0 Å².